The van der Waals surface area contributed by atoms with Crippen LogP contribution < -0.4 is 10.1 Å². The van der Waals surface area contributed by atoms with Crippen molar-refractivity contribution in [1.29, 1.82) is 0 Å². The molecule has 0 spiro atoms. The molecule has 1 fully saturated rings. The number of halogens is 2. The summed E-state index contributed by atoms with van der Waals surface area (Å²) in [4.78, 5) is 0. The van der Waals surface area contributed by atoms with Crippen LogP contribution in [0, 0.1) is 0 Å². The average Bonchev–Trinajstić information content (AvgIpc) is 2.31. The number of likely N-dealkylation sites (N-methyl/N-ethyl adjacent to an activating group) is 1. The maximum Gasteiger partial charge on any atom is 0.138 e. The summed E-state index contributed by atoms with van der Waals surface area (Å²) in [6, 6.07) is 6.00. The molecule has 1 aromatic rings. The molecule has 1 aromatic carbocycles. The molecule has 3 atom stereocenters. The van der Waals surface area contributed by atoms with Crippen molar-refractivity contribution in [2.24, 2.45) is 0 Å². The summed E-state index contributed by atoms with van der Waals surface area (Å²) in [5, 5.41) is 3.99. The molecule has 3 unspecified atom stereocenters. The van der Waals surface area contributed by atoms with E-state index in [-0.39, 0.29) is 12.2 Å². The molecule has 5 heteroatoms. The number of benzene rings is 1. The summed E-state index contributed by atoms with van der Waals surface area (Å²) in [6.07, 6.45) is 1.10. The molecule has 0 aliphatic heterocycles. The van der Waals surface area contributed by atoms with Crippen LogP contribution in [-0.2, 0) is 4.74 Å². The van der Waals surface area contributed by atoms with Gasteiger partial charge in [-0.3, -0.25) is 0 Å². The number of rotatable bonds is 5. The topological polar surface area (TPSA) is 30.5 Å². The first kappa shape index (κ1) is 14.1. The molecule has 1 aliphatic rings. The molecule has 0 saturated heterocycles. The van der Waals surface area contributed by atoms with Gasteiger partial charge in [0.05, 0.1) is 5.02 Å². The normalized spacial score (nSPS) is 26.8. The average molecular weight is 335 g/mol. The van der Waals surface area contributed by atoms with Crippen molar-refractivity contribution in [2.45, 2.75) is 31.6 Å². The van der Waals surface area contributed by atoms with Gasteiger partial charge >= 0.3 is 0 Å². The van der Waals surface area contributed by atoms with Gasteiger partial charge in [-0.05, 0) is 24.7 Å². The van der Waals surface area contributed by atoms with Gasteiger partial charge < -0.3 is 14.8 Å². The van der Waals surface area contributed by atoms with Gasteiger partial charge in [0, 0.05) is 24.0 Å². The van der Waals surface area contributed by atoms with Crippen LogP contribution in [0.2, 0.25) is 5.02 Å². The van der Waals surface area contributed by atoms with Crippen LogP contribution in [0.5, 0.6) is 5.75 Å². The Morgan fingerprint density at radius 1 is 1.50 bits per heavy atom. The van der Waals surface area contributed by atoms with E-state index in [2.05, 4.69) is 28.2 Å². The molecule has 100 valence electrons. The Kier molecular flexibility index (Phi) is 4.90. The van der Waals surface area contributed by atoms with Crippen molar-refractivity contribution in [2.75, 3.05) is 13.7 Å². The Labute approximate surface area is 121 Å². The summed E-state index contributed by atoms with van der Waals surface area (Å²) in [5.74, 6) is 0.710. The Bertz CT molecular complexity index is 416. The van der Waals surface area contributed by atoms with Gasteiger partial charge in [0.1, 0.15) is 18.0 Å². The smallest absolute Gasteiger partial charge is 0.138 e. The molecule has 0 heterocycles. The maximum atomic E-state index is 6.13. The zero-order valence-corrected chi connectivity index (χ0v) is 12.8. The number of hydrogen-bond acceptors (Lipinski definition) is 3. The molecule has 1 saturated carbocycles. The second-order valence-corrected chi connectivity index (χ2v) is 5.65. The first-order chi connectivity index (χ1) is 8.65. The lowest BCUT2D eigenvalue weighted by atomic mass is 9.85. The highest BCUT2D eigenvalue weighted by atomic mass is 79.9. The van der Waals surface area contributed by atoms with E-state index in [9.17, 15) is 0 Å². The molecule has 0 aromatic heterocycles. The van der Waals surface area contributed by atoms with E-state index in [0.717, 1.165) is 17.4 Å². The molecule has 3 nitrogen and oxygen atoms in total. The predicted molar refractivity (Wildman–Crippen MR) is 76.4 cm³/mol. The summed E-state index contributed by atoms with van der Waals surface area (Å²) in [5.41, 5.74) is 0. The molecule has 1 aliphatic carbocycles. The van der Waals surface area contributed by atoms with Gasteiger partial charge in [-0.1, -0.05) is 34.5 Å². The minimum atomic E-state index is 0.0673. The Morgan fingerprint density at radius 2 is 2.28 bits per heavy atom. The summed E-state index contributed by atoms with van der Waals surface area (Å²) >= 11 is 9.51. The second kappa shape index (κ2) is 6.24. The van der Waals surface area contributed by atoms with E-state index >= 15 is 0 Å². The second-order valence-electron chi connectivity index (χ2n) is 4.33. The third kappa shape index (κ3) is 2.99. The van der Waals surface area contributed by atoms with Crippen molar-refractivity contribution in [3.05, 3.63) is 27.7 Å². The van der Waals surface area contributed by atoms with E-state index in [4.69, 9.17) is 21.1 Å². The van der Waals surface area contributed by atoms with Crippen LogP contribution in [-0.4, -0.2) is 31.9 Å². The van der Waals surface area contributed by atoms with Crippen LogP contribution in [0.1, 0.15) is 13.3 Å². The van der Waals surface area contributed by atoms with Crippen molar-refractivity contribution in [3.63, 3.8) is 0 Å². The van der Waals surface area contributed by atoms with Crippen LogP contribution in [0.15, 0.2) is 22.7 Å². The lowest BCUT2D eigenvalue weighted by molar-refractivity contribution is -0.0883. The SMILES string of the molecule is CCNC1CC(Oc2ccc(Br)cc2Cl)C1OC. The number of nitrogens with one attached hydrogen (secondary N) is 1. The zero-order chi connectivity index (χ0) is 13.1. The van der Waals surface area contributed by atoms with E-state index in [1.807, 2.05) is 18.2 Å². The van der Waals surface area contributed by atoms with E-state index in [0.29, 0.717) is 16.8 Å². The van der Waals surface area contributed by atoms with Crippen molar-refractivity contribution in [3.8, 4) is 5.75 Å². The van der Waals surface area contributed by atoms with E-state index < -0.39 is 0 Å². The molecule has 18 heavy (non-hydrogen) atoms. The van der Waals surface area contributed by atoms with Gasteiger partial charge in [0.25, 0.3) is 0 Å². The highest BCUT2D eigenvalue weighted by molar-refractivity contribution is 9.10. The highest BCUT2D eigenvalue weighted by Gasteiger charge is 2.42. The number of ether oxygens (including phenoxy) is 2. The fraction of sp³-hybridized carbons (Fsp3) is 0.538. The molecule has 0 amide bonds. The van der Waals surface area contributed by atoms with Crippen molar-refractivity contribution in [1.82, 2.24) is 5.32 Å². The molecule has 0 bridgehead atoms. The number of hydrogen-bond donors (Lipinski definition) is 1. The molecular weight excluding hydrogens is 318 g/mol. The van der Waals surface area contributed by atoms with Crippen molar-refractivity contribution >= 4 is 27.5 Å². The highest BCUT2D eigenvalue weighted by Crippen LogP contribution is 2.33. The van der Waals surface area contributed by atoms with Gasteiger partial charge in [0.15, 0.2) is 0 Å². The van der Waals surface area contributed by atoms with E-state index in [1.165, 1.54) is 0 Å². The molecular formula is C13H17BrClNO2. The minimum Gasteiger partial charge on any atom is -0.486 e. The molecule has 2 rings (SSSR count). The third-order valence-corrected chi connectivity index (χ3v) is 3.95. The third-order valence-electron chi connectivity index (χ3n) is 3.16. The lowest BCUT2D eigenvalue weighted by Crippen LogP contribution is -2.60. The summed E-state index contributed by atoms with van der Waals surface area (Å²) in [7, 11) is 1.72. The fourth-order valence-electron chi connectivity index (χ4n) is 2.21. The quantitative estimate of drug-likeness (QED) is 0.896. The van der Waals surface area contributed by atoms with Crippen LogP contribution in [0.25, 0.3) is 0 Å². The maximum absolute atomic E-state index is 6.13. The van der Waals surface area contributed by atoms with E-state index in [1.54, 1.807) is 7.11 Å². The van der Waals surface area contributed by atoms with Crippen molar-refractivity contribution < 1.29 is 9.47 Å². The van der Waals surface area contributed by atoms with Crippen LogP contribution in [0.4, 0.5) is 0 Å². The first-order valence-corrected chi connectivity index (χ1v) is 7.20. The largest absolute Gasteiger partial charge is 0.486 e. The van der Waals surface area contributed by atoms with Gasteiger partial charge in [0.2, 0.25) is 0 Å². The van der Waals surface area contributed by atoms with Gasteiger partial charge in [-0.25, -0.2) is 0 Å². The number of methoxy groups -OCH3 is 1. The standard InChI is InChI=1S/C13H17BrClNO2/c1-3-16-10-7-12(13(10)17-2)18-11-5-4-8(14)6-9(11)15/h4-6,10,12-13,16H,3,7H2,1-2H3. The predicted octanol–water partition coefficient (Wildman–Crippen LogP) is 3.25. The first-order valence-electron chi connectivity index (χ1n) is 6.03. The minimum absolute atomic E-state index is 0.0673. The fourth-order valence-corrected chi connectivity index (χ4v) is 2.93. The van der Waals surface area contributed by atoms with Crippen LogP contribution >= 0.6 is 27.5 Å². The van der Waals surface area contributed by atoms with Crippen LogP contribution in [0.3, 0.4) is 0 Å². The van der Waals surface area contributed by atoms with Gasteiger partial charge in [-0.15, -0.1) is 0 Å². The monoisotopic (exact) mass is 333 g/mol. The molecule has 0 radical (unpaired) electrons. The Balaban J connectivity index is 1.98. The van der Waals surface area contributed by atoms with Gasteiger partial charge in [-0.2, -0.15) is 0 Å². The Hall–Kier alpha value is -0.290. The lowest BCUT2D eigenvalue weighted by Gasteiger charge is -2.43. The molecule has 1 N–H and O–H groups in total. The zero-order valence-electron chi connectivity index (χ0n) is 10.5. The summed E-state index contributed by atoms with van der Waals surface area (Å²) < 4.78 is 12.3. The summed E-state index contributed by atoms with van der Waals surface area (Å²) in [6.45, 7) is 3.03. The Morgan fingerprint density at radius 3 is 2.89 bits per heavy atom.